The summed E-state index contributed by atoms with van der Waals surface area (Å²) in [5.41, 5.74) is 5.59. The zero-order chi connectivity index (χ0) is 12.0. The van der Waals surface area contributed by atoms with Crippen LogP contribution in [0.3, 0.4) is 0 Å². The van der Waals surface area contributed by atoms with Crippen LogP contribution in [0.25, 0.3) is 0 Å². The summed E-state index contributed by atoms with van der Waals surface area (Å²) < 4.78 is 22.9. The fourth-order valence-corrected chi connectivity index (χ4v) is 3.83. The molecule has 0 unspecified atom stereocenters. The van der Waals surface area contributed by atoms with Gasteiger partial charge in [0.25, 0.3) is 0 Å². The third kappa shape index (κ3) is 4.36. The van der Waals surface area contributed by atoms with Crippen LogP contribution in [0.15, 0.2) is 17.4 Å². The molecule has 0 aliphatic rings. The Morgan fingerprint density at radius 1 is 1.31 bits per heavy atom. The highest BCUT2D eigenvalue weighted by molar-refractivity contribution is 8.00. The van der Waals surface area contributed by atoms with E-state index >= 15 is 0 Å². The van der Waals surface area contributed by atoms with Gasteiger partial charge < -0.3 is 5.73 Å². The molecule has 0 atom stereocenters. The number of hydrogen-bond acceptors (Lipinski definition) is 6. The summed E-state index contributed by atoms with van der Waals surface area (Å²) in [4.78, 5) is 7.90. The lowest BCUT2D eigenvalue weighted by Gasteiger charge is -2.03. The van der Waals surface area contributed by atoms with Crippen LogP contribution >= 0.6 is 11.8 Å². The molecule has 2 N–H and O–H groups in total. The van der Waals surface area contributed by atoms with Crippen molar-refractivity contribution in [1.29, 1.82) is 0 Å². The molecule has 0 spiro atoms. The van der Waals surface area contributed by atoms with Gasteiger partial charge in [-0.1, -0.05) is 6.92 Å². The number of nitrogens with zero attached hydrogens (tertiary/aromatic N) is 2. The molecule has 0 bridgehead atoms. The number of nitrogen functional groups attached to an aromatic ring is 1. The molecule has 7 heteroatoms. The summed E-state index contributed by atoms with van der Waals surface area (Å²) in [6.45, 7) is 1.85. The van der Waals surface area contributed by atoms with Crippen LogP contribution in [0.1, 0.15) is 13.3 Å². The van der Waals surface area contributed by atoms with Crippen molar-refractivity contribution < 1.29 is 8.42 Å². The third-order valence-electron chi connectivity index (χ3n) is 1.84. The van der Waals surface area contributed by atoms with Crippen molar-refractivity contribution in [2.24, 2.45) is 0 Å². The number of hydrogen-bond donors (Lipinski definition) is 1. The average Bonchev–Trinajstić information content (AvgIpc) is 2.20. The molecular formula is C9H15N3O2S2. The van der Waals surface area contributed by atoms with E-state index in [1.165, 1.54) is 18.0 Å². The van der Waals surface area contributed by atoms with Crippen LogP contribution in [0.2, 0.25) is 0 Å². The van der Waals surface area contributed by atoms with Gasteiger partial charge in [0.15, 0.2) is 15.7 Å². The normalized spacial score (nSPS) is 11.6. The van der Waals surface area contributed by atoms with E-state index in [0.29, 0.717) is 23.0 Å². The van der Waals surface area contributed by atoms with Crippen LogP contribution in [0.4, 0.5) is 5.82 Å². The lowest BCUT2D eigenvalue weighted by molar-refractivity contribution is 0.596. The first kappa shape index (κ1) is 13.2. The summed E-state index contributed by atoms with van der Waals surface area (Å²) in [5, 5.41) is 0.592. The fraction of sp³-hybridized carbons (Fsp3) is 0.556. The minimum absolute atomic E-state index is 0.154. The largest absolute Gasteiger partial charge is 0.381 e. The Morgan fingerprint density at radius 3 is 2.62 bits per heavy atom. The van der Waals surface area contributed by atoms with Crippen molar-refractivity contribution in [1.82, 2.24) is 9.97 Å². The molecule has 5 nitrogen and oxygen atoms in total. The Hall–Kier alpha value is -0.820. The van der Waals surface area contributed by atoms with Gasteiger partial charge in [0, 0.05) is 23.9 Å². The first-order valence-corrected chi connectivity index (χ1v) is 7.75. The summed E-state index contributed by atoms with van der Waals surface area (Å²) in [6.07, 6.45) is 3.70. The maximum atomic E-state index is 11.4. The molecule has 0 aliphatic heterocycles. The van der Waals surface area contributed by atoms with Gasteiger partial charge in [-0.2, -0.15) is 0 Å². The molecule has 0 saturated carbocycles. The number of anilines is 1. The number of nitrogens with two attached hydrogens (primary N) is 1. The molecule has 16 heavy (non-hydrogen) atoms. The van der Waals surface area contributed by atoms with Crippen molar-refractivity contribution >= 4 is 27.4 Å². The van der Waals surface area contributed by atoms with Crippen LogP contribution in [0.5, 0.6) is 0 Å². The summed E-state index contributed by atoms with van der Waals surface area (Å²) in [5.74, 6) is 1.20. The molecule has 0 radical (unpaired) electrons. The van der Waals surface area contributed by atoms with Crippen molar-refractivity contribution in [2.45, 2.75) is 18.4 Å². The predicted molar refractivity (Wildman–Crippen MR) is 66.1 cm³/mol. The Balaban J connectivity index is 2.45. The first-order valence-electron chi connectivity index (χ1n) is 4.95. The maximum Gasteiger partial charge on any atom is 0.156 e. The quantitative estimate of drug-likeness (QED) is 0.768. The second kappa shape index (κ2) is 6.05. The Labute approximate surface area is 99.8 Å². The van der Waals surface area contributed by atoms with Crippen LogP contribution in [-0.4, -0.2) is 35.6 Å². The second-order valence-electron chi connectivity index (χ2n) is 3.25. The van der Waals surface area contributed by atoms with E-state index in [1.807, 2.05) is 6.92 Å². The Morgan fingerprint density at radius 2 is 2.00 bits per heavy atom. The molecule has 0 fully saturated rings. The monoisotopic (exact) mass is 261 g/mol. The predicted octanol–water partition coefficient (Wildman–Crippen LogP) is 0.976. The first-order chi connectivity index (χ1) is 7.55. The number of sulfone groups is 1. The minimum Gasteiger partial charge on any atom is -0.381 e. The van der Waals surface area contributed by atoms with Crippen molar-refractivity contribution in [3.63, 3.8) is 0 Å². The van der Waals surface area contributed by atoms with E-state index < -0.39 is 9.84 Å². The highest BCUT2D eigenvalue weighted by Gasteiger charge is 2.10. The fourth-order valence-electron chi connectivity index (χ4n) is 1.13. The van der Waals surface area contributed by atoms with Crippen LogP contribution < -0.4 is 5.73 Å². The molecule has 0 saturated heterocycles. The maximum absolute atomic E-state index is 11.4. The summed E-state index contributed by atoms with van der Waals surface area (Å²) in [6, 6.07) is 0. The molecule has 1 aromatic rings. The van der Waals surface area contributed by atoms with Gasteiger partial charge in [-0.05, 0) is 6.42 Å². The average molecular weight is 261 g/mol. The van der Waals surface area contributed by atoms with Crippen LogP contribution in [0, 0.1) is 0 Å². The molecule has 1 aromatic heterocycles. The number of thioether (sulfide) groups is 1. The number of rotatable bonds is 6. The minimum atomic E-state index is -2.92. The van der Waals surface area contributed by atoms with E-state index in [9.17, 15) is 8.42 Å². The Kier molecular flexibility index (Phi) is 5.01. The highest BCUT2D eigenvalue weighted by Crippen LogP contribution is 2.19. The SMILES string of the molecule is CCCS(=O)(=O)CCSc1nccnc1N. The summed E-state index contributed by atoms with van der Waals surface area (Å²) >= 11 is 1.32. The number of aromatic nitrogens is 2. The van der Waals surface area contributed by atoms with Gasteiger partial charge in [-0.3, -0.25) is 0 Å². The standard InChI is InChI=1S/C9H15N3O2S2/c1-2-6-16(13,14)7-5-15-9-8(10)11-3-4-12-9/h3-4H,2,5-7H2,1H3,(H2,10,11). The van der Waals surface area contributed by atoms with E-state index in [1.54, 1.807) is 6.20 Å². The van der Waals surface area contributed by atoms with E-state index in [2.05, 4.69) is 9.97 Å². The smallest absolute Gasteiger partial charge is 0.156 e. The molecule has 0 aliphatic carbocycles. The Bertz CT molecular complexity index is 434. The van der Waals surface area contributed by atoms with E-state index in [-0.39, 0.29) is 11.5 Å². The van der Waals surface area contributed by atoms with Crippen LogP contribution in [-0.2, 0) is 9.84 Å². The lowest BCUT2D eigenvalue weighted by Crippen LogP contribution is -2.12. The van der Waals surface area contributed by atoms with E-state index in [0.717, 1.165) is 0 Å². The molecule has 90 valence electrons. The van der Waals surface area contributed by atoms with Crippen molar-refractivity contribution in [3.05, 3.63) is 12.4 Å². The molecule has 0 aromatic carbocycles. The second-order valence-corrected chi connectivity index (χ2v) is 6.63. The van der Waals surface area contributed by atoms with Gasteiger partial charge in [0.1, 0.15) is 5.03 Å². The lowest BCUT2D eigenvalue weighted by atomic mass is 10.6. The van der Waals surface area contributed by atoms with Crippen molar-refractivity contribution in [3.8, 4) is 0 Å². The topological polar surface area (TPSA) is 85.9 Å². The van der Waals surface area contributed by atoms with Crippen molar-refractivity contribution in [2.75, 3.05) is 23.0 Å². The molecular weight excluding hydrogens is 246 g/mol. The molecule has 1 rings (SSSR count). The zero-order valence-electron chi connectivity index (χ0n) is 9.09. The third-order valence-corrected chi connectivity index (χ3v) is 4.95. The molecule has 1 heterocycles. The molecule has 0 amide bonds. The summed E-state index contributed by atoms with van der Waals surface area (Å²) in [7, 11) is -2.92. The zero-order valence-corrected chi connectivity index (χ0v) is 10.7. The van der Waals surface area contributed by atoms with Gasteiger partial charge in [0.2, 0.25) is 0 Å². The van der Waals surface area contributed by atoms with Gasteiger partial charge in [-0.15, -0.1) is 11.8 Å². The van der Waals surface area contributed by atoms with Gasteiger partial charge in [0.05, 0.1) is 5.75 Å². The van der Waals surface area contributed by atoms with E-state index in [4.69, 9.17) is 5.73 Å². The van der Waals surface area contributed by atoms with Gasteiger partial charge >= 0.3 is 0 Å². The van der Waals surface area contributed by atoms with Gasteiger partial charge in [-0.25, -0.2) is 18.4 Å². The highest BCUT2D eigenvalue weighted by atomic mass is 32.2.